The second-order valence-corrected chi connectivity index (χ2v) is 6.53. The highest BCUT2D eigenvalue weighted by Crippen LogP contribution is 2.19. The Balaban J connectivity index is 2.06. The molecular formula is C21H22O5. The molecule has 0 N–H and O–H groups in total. The maximum atomic E-state index is 12.5. The van der Waals surface area contributed by atoms with Gasteiger partial charge in [-0.05, 0) is 48.5 Å². The predicted octanol–water partition coefficient (Wildman–Crippen LogP) is 4.04. The van der Waals surface area contributed by atoms with E-state index in [0.717, 1.165) is 0 Å². The van der Waals surface area contributed by atoms with Crippen LogP contribution in [0.5, 0.6) is 11.5 Å². The van der Waals surface area contributed by atoms with Crippen molar-refractivity contribution in [3.63, 3.8) is 0 Å². The first-order chi connectivity index (χ1) is 12.3. The maximum Gasteiger partial charge on any atom is 0.313 e. The number of esters is 2. The largest absolute Gasteiger partial charge is 0.426 e. The van der Waals surface area contributed by atoms with Crippen LogP contribution in [-0.4, -0.2) is 17.7 Å². The Labute approximate surface area is 152 Å². The predicted molar refractivity (Wildman–Crippen MR) is 97.3 cm³/mol. The Morgan fingerprint density at radius 1 is 0.615 bits per heavy atom. The molecule has 26 heavy (non-hydrogen) atoms. The monoisotopic (exact) mass is 354 g/mol. The van der Waals surface area contributed by atoms with Gasteiger partial charge in [-0.3, -0.25) is 14.4 Å². The van der Waals surface area contributed by atoms with Crippen molar-refractivity contribution in [2.75, 3.05) is 0 Å². The van der Waals surface area contributed by atoms with Crippen LogP contribution in [0.25, 0.3) is 0 Å². The van der Waals surface area contributed by atoms with Crippen molar-refractivity contribution in [2.45, 2.75) is 27.7 Å². The van der Waals surface area contributed by atoms with Crippen LogP contribution in [0.15, 0.2) is 48.5 Å². The highest BCUT2D eigenvalue weighted by Gasteiger charge is 2.13. The summed E-state index contributed by atoms with van der Waals surface area (Å²) in [6.07, 6.45) is 0. The molecule has 0 aliphatic carbocycles. The molecule has 0 bridgehead atoms. The second kappa shape index (κ2) is 8.43. The van der Waals surface area contributed by atoms with Crippen molar-refractivity contribution >= 4 is 17.7 Å². The minimum absolute atomic E-state index is 0.173. The van der Waals surface area contributed by atoms with Crippen molar-refractivity contribution in [1.29, 1.82) is 0 Å². The molecule has 5 heteroatoms. The van der Waals surface area contributed by atoms with Gasteiger partial charge in [0.2, 0.25) is 0 Å². The van der Waals surface area contributed by atoms with Gasteiger partial charge in [-0.15, -0.1) is 0 Å². The van der Waals surface area contributed by atoms with Crippen LogP contribution in [0.1, 0.15) is 43.6 Å². The average Bonchev–Trinajstić information content (AvgIpc) is 2.62. The van der Waals surface area contributed by atoms with E-state index in [9.17, 15) is 14.4 Å². The van der Waals surface area contributed by atoms with Crippen LogP contribution in [0, 0.1) is 11.8 Å². The SMILES string of the molecule is CC(C)C(=O)Oc1ccc(C(=O)c2ccc(OC(=O)C(C)C)cc2)cc1. The molecule has 0 saturated carbocycles. The number of benzene rings is 2. The van der Waals surface area contributed by atoms with Crippen molar-refractivity contribution in [3.8, 4) is 11.5 Å². The fourth-order valence-electron chi connectivity index (χ4n) is 1.98. The van der Waals surface area contributed by atoms with E-state index < -0.39 is 0 Å². The van der Waals surface area contributed by atoms with Gasteiger partial charge < -0.3 is 9.47 Å². The summed E-state index contributed by atoms with van der Waals surface area (Å²) in [6, 6.07) is 12.8. The lowest BCUT2D eigenvalue weighted by atomic mass is 10.0. The summed E-state index contributed by atoms with van der Waals surface area (Å²) in [5, 5.41) is 0. The summed E-state index contributed by atoms with van der Waals surface area (Å²) in [4.78, 5) is 35.7. The van der Waals surface area contributed by atoms with Crippen LogP contribution in [-0.2, 0) is 9.59 Å². The van der Waals surface area contributed by atoms with Crippen molar-refractivity contribution in [1.82, 2.24) is 0 Å². The Hall–Kier alpha value is -2.95. The first-order valence-corrected chi connectivity index (χ1v) is 8.46. The van der Waals surface area contributed by atoms with Crippen LogP contribution in [0.3, 0.4) is 0 Å². The van der Waals surface area contributed by atoms with E-state index in [-0.39, 0.29) is 29.6 Å². The van der Waals surface area contributed by atoms with Gasteiger partial charge in [0.25, 0.3) is 0 Å². The van der Waals surface area contributed by atoms with E-state index in [1.165, 1.54) is 0 Å². The molecule has 0 saturated heterocycles. The third-order valence-corrected chi connectivity index (χ3v) is 3.61. The van der Waals surface area contributed by atoms with Gasteiger partial charge in [-0.1, -0.05) is 27.7 Å². The highest BCUT2D eigenvalue weighted by atomic mass is 16.5. The Morgan fingerprint density at radius 2 is 0.923 bits per heavy atom. The maximum absolute atomic E-state index is 12.5. The van der Waals surface area contributed by atoms with Gasteiger partial charge in [0, 0.05) is 11.1 Å². The Bertz CT molecular complexity index is 719. The van der Waals surface area contributed by atoms with Crippen molar-refractivity contribution < 1.29 is 23.9 Å². The molecular weight excluding hydrogens is 332 g/mol. The van der Waals surface area contributed by atoms with E-state index in [4.69, 9.17) is 9.47 Å². The van der Waals surface area contributed by atoms with E-state index in [1.807, 2.05) is 0 Å². The summed E-state index contributed by atoms with van der Waals surface area (Å²) in [7, 11) is 0. The number of carbonyl (C=O) groups is 3. The van der Waals surface area contributed by atoms with E-state index in [2.05, 4.69) is 0 Å². The third kappa shape index (κ3) is 5.02. The van der Waals surface area contributed by atoms with E-state index >= 15 is 0 Å². The lowest BCUT2D eigenvalue weighted by molar-refractivity contribution is -0.138. The Morgan fingerprint density at radius 3 is 1.19 bits per heavy atom. The van der Waals surface area contributed by atoms with Crippen LogP contribution >= 0.6 is 0 Å². The standard InChI is InChI=1S/C21H22O5/c1-13(2)20(23)25-17-9-5-15(6-10-17)19(22)16-7-11-18(12-8-16)26-21(24)14(3)4/h5-14H,1-4H3. The topological polar surface area (TPSA) is 69.7 Å². The summed E-state index contributed by atoms with van der Waals surface area (Å²) in [5.41, 5.74) is 0.947. The smallest absolute Gasteiger partial charge is 0.313 e. The highest BCUT2D eigenvalue weighted by molar-refractivity contribution is 6.09. The number of hydrogen-bond acceptors (Lipinski definition) is 5. The molecule has 0 unspecified atom stereocenters. The zero-order valence-electron chi connectivity index (χ0n) is 15.3. The zero-order valence-corrected chi connectivity index (χ0v) is 15.3. The number of ether oxygens (including phenoxy) is 2. The lowest BCUT2D eigenvalue weighted by Crippen LogP contribution is -2.15. The van der Waals surface area contributed by atoms with E-state index in [1.54, 1.807) is 76.2 Å². The van der Waals surface area contributed by atoms with Crippen LogP contribution in [0.2, 0.25) is 0 Å². The van der Waals surface area contributed by atoms with Gasteiger partial charge in [0.1, 0.15) is 11.5 Å². The van der Waals surface area contributed by atoms with Crippen molar-refractivity contribution in [3.05, 3.63) is 59.7 Å². The van der Waals surface area contributed by atoms with Gasteiger partial charge in [-0.25, -0.2) is 0 Å². The van der Waals surface area contributed by atoms with Crippen molar-refractivity contribution in [2.24, 2.45) is 11.8 Å². The molecule has 0 radical (unpaired) electrons. The fourth-order valence-corrected chi connectivity index (χ4v) is 1.98. The minimum Gasteiger partial charge on any atom is -0.426 e. The van der Waals surface area contributed by atoms with Gasteiger partial charge in [0.05, 0.1) is 11.8 Å². The molecule has 0 fully saturated rings. The Kier molecular flexibility index (Phi) is 6.28. The summed E-state index contributed by atoms with van der Waals surface area (Å²) in [6.45, 7) is 7.01. The molecule has 0 atom stereocenters. The zero-order chi connectivity index (χ0) is 19.3. The third-order valence-electron chi connectivity index (χ3n) is 3.61. The van der Waals surface area contributed by atoms with E-state index in [0.29, 0.717) is 22.6 Å². The first kappa shape index (κ1) is 19.4. The molecule has 0 heterocycles. The van der Waals surface area contributed by atoms with Gasteiger partial charge in [0.15, 0.2) is 5.78 Å². The number of hydrogen-bond donors (Lipinski definition) is 0. The van der Waals surface area contributed by atoms with Crippen LogP contribution in [0.4, 0.5) is 0 Å². The molecule has 2 aromatic carbocycles. The normalized spacial score (nSPS) is 10.7. The quantitative estimate of drug-likeness (QED) is 0.445. The molecule has 0 spiro atoms. The summed E-state index contributed by atoms with van der Waals surface area (Å²) >= 11 is 0. The number of carbonyl (C=O) groups excluding carboxylic acids is 3. The molecule has 2 aromatic rings. The van der Waals surface area contributed by atoms with Gasteiger partial charge in [-0.2, -0.15) is 0 Å². The molecule has 0 aliphatic rings. The number of rotatable bonds is 6. The fraction of sp³-hybridized carbons (Fsp3) is 0.286. The number of ketones is 1. The average molecular weight is 354 g/mol. The first-order valence-electron chi connectivity index (χ1n) is 8.46. The summed E-state index contributed by atoms with van der Waals surface area (Å²) in [5.74, 6) is -0.466. The summed E-state index contributed by atoms with van der Waals surface area (Å²) < 4.78 is 10.4. The van der Waals surface area contributed by atoms with Gasteiger partial charge >= 0.3 is 11.9 Å². The molecule has 136 valence electrons. The molecule has 5 nitrogen and oxygen atoms in total. The molecule has 0 amide bonds. The minimum atomic E-state index is -0.324. The molecule has 0 aromatic heterocycles. The van der Waals surface area contributed by atoms with Crippen LogP contribution < -0.4 is 9.47 Å². The second-order valence-electron chi connectivity index (χ2n) is 6.53. The molecule has 0 aliphatic heterocycles. The lowest BCUT2D eigenvalue weighted by Gasteiger charge is -2.08. The molecule has 2 rings (SSSR count).